The summed E-state index contributed by atoms with van der Waals surface area (Å²) in [6, 6.07) is 1.14. The molecule has 0 spiro atoms. The van der Waals surface area contributed by atoms with Crippen LogP contribution in [0.25, 0.3) is 0 Å². The van der Waals surface area contributed by atoms with Gasteiger partial charge in [0.2, 0.25) is 0 Å². The minimum atomic E-state index is -1.50. The van der Waals surface area contributed by atoms with Gasteiger partial charge in [-0.2, -0.15) is 0 Å². The van der Waals surface area contributed by atoms with Gasteiger partial charge in [-0.3, -0.25) is 14.3 Å². The molecule has 0 saturated carbocycles. The summed E-state index contributed by atoms with van der Waals surface area (Å²) in [6.07, 6.45) is -0.772. The summed E-state index contributed by atoms with van der Waals surface area (Å²) in [5.41, 5.74) is -2.79. The highest BCUT2D eigenvalue weighted by atomic mass is 16.6. The van der Waals surface area contributed by atoms with Crippen molar-refractivity contribution in [2.45, 2.75) is 50.2 Å². The molecule has 4 N–H and O–H groups in total. The number of aromatic nitrogens is 2. The summed E-state index contributed by atoms with van der Waals surface area (Å²) < 4.78 is 6.70. The molecule has 21 heavy (non-hydrogen) atoms. The monoisotopic (exact) mass is 300 g/mol. The van der Waals surface area contributed by atoms with Gasteiger partial charge in [-0.05, 0) is 12.8 Å². The van der Waals surface area contributed by atoms with Gasteiger partial charge in [-0.15, -0.1) is 0 Å². The second kappa shape index (κ2) is 6.10. The summed E-state index contributed by atoms with van der Waals surface area (Å²) >= 11 is 0. The topological polar surface area (TPSA) is 125 Å². The minimum absolute atomic E-state index is 0.268. The highest BCUT2D eigenvalue weighted by Gasteiger charge is 2.55. The molecule has 1 aromatic heterocycles. The molecule has 1 aromatic rings. The molecule has 0 aliphatic carbocycles. The molecule has 0 amide bonds. The lowest BCUT2D eigenvalue weighted by Crippen LogP contribution is -2.51. The Labute approximate surface area is 120 Å². The van der Waals surface area contributed by atoms with Gasteiger partial charge in [0.05, 0.1) is 6.61 Å². The fourth-order valence-electron chi connectivity index (χ4n) is 2.69. The molecule has 2 heterocycles. The summed E-state index contributed by atoms with van der Waals surface area (Å²) in [6.45, 7) is 1.45. The van der Waals surface area contributed by atoms with Crippen molar-refractivity contribution in [1.82, 2.24) is 9.55 Å². The fraction of sp³-hybridized carbons (Fsp3) is 0.692. The third-order valence-corrected chi connectivity index (χ3v) is 3.82. The van der Waals surface area contributed by atoms with Crippen molar-refractivity contribution >= 4 is 0 Å². The standard InChI is InChI=1S/C13H20N2O6/c1-2-3-5-13(11(19)10(18)8(7-16)21-13)15-6-4-9(17)14-12(15)20/h4,6,8,10-11,16,18-19H,2-3,5,7H2,1H3,(H,14,17,20)/t8-,10-,11-,13-/m1/s1. The average molecular weight is 300 g/mol. The van der Waals surface area contributed by atoms with Crippen LogP contribution in [0.15, 0.2) is 21.9 Å². The zero-order valence-corrected chi connectivity index (χ0v) is 11.7. The molecule has 0 aromatic carbocycles. The molecule has 0 bridgehead atoms. The van der Waals surface area contributed by atoms with Gasteiger partial charge in [-0.25, -0.2) is 4.79 Å². The van der Waals surface area contributed by atoms with Crippen molar-refractivity contribution in [3.05, 3.63) is 33.1 Å². The molecule has 118 valence electrons. The zero-order valence-electron chi connectivity index (χ0n) is 11.7. The number of hydrogen-bond donors (Lipinski definition) is 4. The first-order valence-electron chi connectivity index (χ1n) is 6.93. The second-order valence-electron chi connectivity index (χ2n) is 5.20. The Bertz CT molecular complexity index is 597. The summed E-state index contributed by atoms with van der Waals surface area (Å²) in [7, 11) is 0. The highest BCUT2D eigenvalue weighted by Crippen LogP contribution is 2.38. The molecule has 8 nitrogen and oxygen atoms in total. The molecular weight excluding hydrogens is 280 g/mol. The highest BCUT2D eigenvalue weighted by molar-refractivity contribution is 5.01. The van der Waals surface area contributed by atoms with Crippen LogP contribution in [0.2, 0.25) is 0 Å². The molecule has 1 fully saturated rings. The smallest absolute Gasteiger partial charge is 0.330 e. The maximum atomic E-state index is 12.0. The predicted octanol–water partition coefficient (Wildman–Crippen LogP) is -1.51. The van der Waals surface area contributed by atoms with E-state index in [0.29, 0.717) is 6.42 Å². The lowest BCUT2D eigenvalue weighted by atomic mass is 9.96. The van der Waals surface area contributed by atoms with E-state index in [-0.39, 0.29) is 6.42 Å². The van der Waals surface area contributed by atoms with E-state index in [9.17, 15) is 24.9 Å². The van der Waals surface area contributed by atoms with Gasteiger partial charge in [0.25, 0.3) is 5.56 Å². The Morgan fingerprint density at radius 1 is 1.43 bits per heavy atom. The Balaban J connectivity index is 2.52. The molecule has 2 rings (SSSR count). The third kappa shape index (κ3) is 2.67. The van der Waals surface area contributed by atoms with Gasteiger partial charge in [0.15, 0.2) is 5.72 Å². The van der Waals surface area contributed by atoms with Crippen LogP contribution in [0, 0.1) is 0 Å². The largest absolute Gasteiger partial charge is 0.394 e. The van der Waals surface area contributed by atoms with E-state index >= 15 is 0 Å². The number of aromatic amines is 1. The van der Waals surface area contributed by atoms with E-state index < -0.39 is 41.9 Å². The van der Waals surface area contributed by atoms with Crippen LogP contribution in [-0.2, 0) is 10.5 Å². The van der Waals surface area contributed by atoms with Crippen molar-refractivity contribution in [2.75, 3.05) is 6.61 Å². The normalized spacial score (nSPS) is 32.5. The van der Waals surface area contributed by atoms with Gasteiger partial charge < -0.3 is 20.1 Å². The van der Waals surface area contributed by atoms with E-state index in [0.717, 1.165) is 17.1 Å². The molecule has 1 saturated heterocycles. The Morgan fingerprint density at radius 3 is 2.67 bits per heavy atom. The Kier molecular flexibility index (Phi) is 4.62. The first-order chi connectivity index (χ1) is 9.96. The maximum Gasteiger partial charge on any atom is 0.330 e. The number of unbranched alkanes of at least 4 members (excludes halogenated alkanes) is 1. The number of nitrogens with zero attached hydrogens (tertiary/aromatic N) is 1. The van der Waals surface area contributed by atoms with E-state index in [2.05, 4.69) is 4.98 Å². The lowest BCUT2D eigenvalue weighted by molar-refractivity contribution is -0.156. The minimum Gasteiger partial charge on any atom is -0.394 e. The molecule has 0 unspecified atom stereocenters. The zero-order chi connectivity index (χ0) is 15.6. The maximum absolute atomic E-state index is 12.0. The molecule has 1 aliphatic rings. The molecule has 8 heteroatoms. The van der Waals surface area contributed by atoms with Crippen molar-refractivity contribution in [3.8, 4) is 0 Å². The molecule has 4 atom stereocenters. The molecule has 1 aliphatic heterocycles. The van der Waals surface area contributed by atoms with Crippen LogP contribution in [0.4, 0.5) is 0 Å². The first-order valence-corrected chi connectivity index (χ1v) is 6.93. The van der Waals surface area contributed by atoms with Crippen molar-refractivity contribution in [3.63, 3.8) is 0 Å². The van der Waals surface area contributed by atoms with Gasteiger partial charge in [-0.1, -0.05) is 13.3 Å². The van der Waals surface area contributed by atoms with Gasteiger partial charge in [0.1, 0.15) is 18.3 Å². The first kappa shape index (κ1) is 15.9. The quantitative estimate of drug-likeness (QED) is 0.524. The van der Waals surface area contributed by atoms with Crippen LogP contribution in [0.5, 0.6) is 0 Å². The summed E-state index contributed by atoms with van der Waals surface area (Å²) in [5.74, 6) is 0. The lowest BCUT2D eigenvalue weighted by Gasteiger charge is -2.33. The predicted molar refractivity (Wildman–Crippen MR) is 72.8 cm³/mol. The van der Waals surface area contributed by atoms with E-state index in [4.69, 9.17) is 4.74 Å². The fourth-order valence-corrected chi connectivity index (χ4v) is 2.69. The number of aliphatic hydroxyl groups excluding tert-OH is 3. The van der Waals surface area contributed by atoms with Crippen LogP contribution in [0.1, 0.15) is 26.2 Å². The van der Waals surface area contributed by atoms with Crippen LogP contribution < -0.4 is 11.2 Å². The third-order valence-electron chi connectivity index (χ3n) is 3.82. The van der Waals surface area contributed by atoms with Crippen molar-refractivity contribution in [1.29, 1.82) is 0 Å². The number of aliphatic hydroxyl groups is 3. The Hall–Kier alpha value is -1.48. The second-order valence-corrected chi connectivity index (χ2v) is 5.20. The van der Waals surface area contributed by atoms with Crippen LogP contribution >= 0.6 is 0 Å². The number of rotatable bonds is 5. The van der Waals surface area contributed by atoms with Crippen molar-refractivity contribution in [2.24, 2.45) is 0 Å². The van der Waals surface area contributed by atoms with Crippen LogP contribution in [0.3, 0.4) is 0 Å². The van der Waals surface area contributed by atoms with Gasteiger partial charge in [0, 0.05) is 12.3 Å². The number of H-pyrrole nitrogens is 1. The van der Waals surface area contributed by atoms with Gasteiger partial charge >= 0.3 is 5.69 Å². The van der Waals surface area contributed by atoms with E-state index in [1.54, 1.807) is 0 Å². The number of nitrogens with one attached hydrogen (secondary N) is 1. The van der Waals surface area contributed by atoms with E-state index in [1.807, 2.05) is 6.92 Å². The average Bonchev–Trinajstić information content (AvgIpc) is 2.70. The number of ether oxygens (including phenoxy) is 1. The van der Waals surface area contributed by atoms with E-state index in [1.165, 1.54) is 6.20 Å². The summed E-state index contributed by atoms with van der Waals surface area (Å²) in [5, 5.41) is 29.6. The van der Waals surface area contributed by atoms with Crippen molar-refractivity contribution < 1.29 is 20.1 Å². The number of hydrogen-bond acceptors (Lipinski definition) is 6. The van der Waals surface area contributed by atoms with Crippen LogP contribution in [-0.4, -0.2) is 49.8 Å². The SMILES string of the molecule is CCCC[C@@]1(n2ccc(=O)[nH]c2=O)O[C@H](CO)[C@@H](O)[C@H]1O. The summed E-state index contributed by atoms with van der Waals surface area (Å²) in [4.78, 5) is 25.3. The molecular formula is C13H20N2O6. The molecule has 0 radical (unpaired) electrons. The Morgan fingerprint density at radius 2 is 2.14 bits per heavy atom.